The molecule has 0 aliphatic carbocycles. The summed E-state index contributed by atoms with van der Waals surface area (Å²) in [6.45, 7) is 11.2. The Balaban J connectivity index is 2.28. The van der Waals surface area contributed by atoms with E-state index in [1.807, 2.05) is 0 Å². The average Bonchev–Trinajstić information content (AvgIpc) is 2.26. The lowest BCUT2D eigenvalue weighted by molar-refractivity contribution is -0.0597. The Hall–Kier alpha value is -1.06. The minimum absolute atomic E-state index is 0.131. The van der Waals surface area contributed by atoms with Crippen molar-refractivity contribution >= 4 is 0 Å². The van der Waals surface area contributed by atoms with Crippen molar-refractivity contribution in [2.75, 3.05) is 26.9 Å². The molecule has 1 saturated heterocycles. The van der Waals surface area contributed by atoms with Gasteiger partial charge in [-0.1, -0.05) is 26.0 Å². The predicted molar refractivity (Wildman–Crippen MR) is 78.1 cm³/mol. The Kier molecular flexibility index (Phi) is 4.16. The maximum absolute atomic E-state index is 5.49. The van der Waals surface area contributed by atoms with Crippen molar-refractivity contribution in [2.45, 2.75) is 39.2 Å². The summed E-state index contributed by atoms with van der Waals surface area (Å²) in [6.07, 6.45) is 0. The van der Waals surface area contributed by atoms with Crippen molar-refractivity contribution in [1.82, 2.24) is 5.32 Å². The Bertz CT molecular complexity index is 427. The minimum atomic E-state index is 0.131. The average molecular weight is 263 g/mol. The van der Waals surface area contributed by atoms with Crippen LogP contribution in [0.5, 0.6) is 5.75 Å². The van der Waals surface area contributed by atoms with Crippen LogP contribution in [0.3, 0.4) is 0 Å². The fourth-order valence-corrected chi connectivity index (χ4v) is 2.70. The molecule has 1 N–H and O–H groups in total. The molecular weight excluding hydrogens is 238 g/mol. The summed E-state index contributed by atoms with van der Waals surface area (Å²) < 4.78 is 10.9. The first-order valence-electron chi connectivity index (χ1n) is 6.95. The molecule has 0 aromatic heterocycles. The highest BCUT2D eigenvalue weighted by Gasteiger charge is 2.40. The van der Waals surface area contributed by atoms with Crippen LogP contribution in [0.15, 0.2) is 12.1 Å². The smallest absolute Gasteiger partial charge is 0.124 e. The molecule has 0 radical (unpaired) electrons. The molecule has 1 aromatic carbocycles. The molecule has 0 unspecified atom stereocenters. The van der Waals surface area contributed by atoms with E-state index in [2.05, 4.69) is 45.1 Å². The Morgan fingerprint density at radius 2 is 1.84 bits per heavy atom. The summed E-state index contributed by atoms with van der Waals surface area (Å²) in [6, 6.07) is 4.99. The van der Waals surface area contributed by atoms with Crippen molar-refractivity contribution in [3.05, 3.63) is 28.8 Å². The van der Waals surface area contributed by atoms with Gasteiger partial charge in [-0.2, -0.15) is 0 Å². The Morgan fingerprint density at radius 1 is 1.26 bits per heavy atom. The lowest BCUT2D eigenvalue weighted by Gasteiger charge is -2.43. The third kappa shape index (κ3) is 2.77. The molecule has 0 spiro atoms. The van der Waals surface area contributed by atoms with Gasteiger partial charge in [0.25, 0.3) is 0 Å². The van der Waals surface area contributed by atoms with E-state index in [9.17, 15) is 0 Å². The second-order valence-corrected chi connectivity index (χ2v) is 5.95. The highest BCUT2D eigenvalue weighted by molar-refractivity contribution is 5.46. The van der Waals surface area contributed by atoms with Gasteiger partial charge in [0, 0.05) is 12.6 Å². The normalized spacial score (nSPS) is 17.4. The van der Waals surface area contributed by atoms with Crippen LogP contribution in [0.1, 0.15) is 30.5 Å². The molecule has 106 valence electrons. The maximum Gasteiger partial charge on any atom is 0.124 e. The zero-order valence-corrected chi connectivity index (χ0v) is 12.7. The van der Waals surface area contributed by atoms with Gasteiger partial charge in [0.1, 0.15) is 5.75 Å². The summed E-state index contributed by atoms with van der Waals surface area (Å²) in [7, 11) is 1.73. The van der Waals surface area contributed by atoms with E-state index in [1.54, 1.807) is 7.11 Å². The van der Waals surface area contributed by atoms with Gasteiger partial charge in [-0.05, 0) is 30.5 Å². The van der Waals surface area contributed by atoms with Crippen LogP contribution in [-0.4, -0.2) is 32.9 Å². The molecule has 1 aliphatic rings. The fourth-order valence-electron chi connectivity index (χ4n) is 2.70. The molecule has 3 nitrogen and oxygen atoms in total. The number of nitrogens with one attached hydrogen (secondary N) is 1. The van der Waals surface area contributed by atoms with E-state index < -0.39 is 0 Å². The standard InChI is InChI=1S/C16H25NO2/c1-11(2)17-8-16(9-19-10-16)14-6-12(3)15(18-5)13(4)7-14/h6-7,11,17H,8-10H2,1-5H3. The number of hydrogen-bond donors (Lipinski definition) is 1. The minimum Gasteiger partial charge on any atom is -0.496 e. The number of ether oxygens (including phenoxy) is 2. The number of methoxy groups -OCH3 is 1. The monoisotopic (exact) mass is 263 g/mol. The Morgan fingerprint density at radius 3 is 2.21 bits per heavy atom. The summed E-state index contributed by atoms with van der Waals surface area (Å²) in [5.74, 6) is 0.996. The molecule has 0 atom stereocenters. The van der Waals surface area contributed by atoms with Crippen LogP contribution >= 0.6 is 0 Å². The molecule has 0 saturated carbocycles. The van der Waals surface area contributed by atoms with Crippen molar-refractivity contribution < 1.29 is 9.47 Å². The van der Waals surface area contributed by atoms with Gasteiger partial charge in [-0.15, -0.1) is 0 Å². The van der Waals surface area contributed by atoms with Crippen molar-refractivity contribution in [1.29, 1.82) is 0 Å². The van der Waals surface area contributed by atoms with Crippen LogP contribution < -0.4 is 10.1 Å². The molecule has 0 amide bonds. The molecule has 1 aliphatic heterocycles. The summed E-state index contributed by atoms with van der Waals surface area (Å²) >= 11 is 0. The highest BCUT2D eigenvalue weighted by atomic mass is 16.5. The highest BCUT2D eigenvalue weighted by Crippen LogP contribution is 2.36. The van der Waals surface area contributed by atoms with Crippen LogP contribution in [0.4, 0.5) is 0 Å². The molecule has 1 aromatic rings. The van der Waals surface area contributed by atoms with Crippen LogP contribution in [-0.2, 0) is 10.2 Å². The molecule has 1 heterocycles. The maximum atomic E-state index is 5.49. The van der Waals surface area contributed by atoms with Crippen LogP contribution in [0.2, 0.25) is 0 Å². The summed E-state index contributed by atoms with van der Waals surface area (Å²) in [5.41, 5.74) is 3.90. The van der Waals surface area contributed by atoms with Gasteiger partial charge in [-0.3, -0.25) is 0 Å². The van der Waals surface area contributed by atoms with Gasteiger partial charge in [-0.25, -0.2) is 0 Å². The fraction of sp³-hybridized carbons (Fsp3) is 0.625. The first-order chi connectivity index (χ1) is 8.98. The molecule has 0 bridgehead atoms. The number of rotatable bonds is 5. The third-order valence-electron chi connectivity index (χ3n) is 3.88. The summed E-state index contributed by atoms with van der Waals surface area (Å²) in [4.78, 5) is 0. The Labute approximate surface area is 116 Å². The van der Waals surface area contributed by atoms with E-state index >= 15 is 0 Å². The number of aryl methyl sites for hydroxylation is 2. The van der Waals surface area contributed by atoms with Crippen LogP contribution in [0.25, 0.3) is 0 Å². The molecule has 2 rings (SSSR count). The lowest BCUT2D eigenvalue weighted by atomic mass is 9.77. The molecule has 1 fully saturated rings. The number of hydrogen-bond acceptors (Lipinski definition) is 3. The topological polar surface area (TPSA) is 30.5 Å². The lowest BCUT2D eigenvalue weighted by Crippen LogP contribution is -2.54. The van der Waals surface area contributed by atoms with E-state index in [4.69, 9.17) is 9.47 Å². The van der Waals surface area contributed by atoms with Gasteiger partial charge in [0.05, 0.1) is 25.7 Å². The largest absolute Gasteiger partial charge is 0.496 e. The van der Waals surface area contributed by atoms with Gasteiger partial charge in [0.15, 0.2) is 0 Å². The van der Waals surface area contributed by atoms with Gasteiger partial charge >= 0.3 is 0 Å². The number of benzene rings is 1. The van der Waals surface area contributed by atoms with Crippen molar-refractivity contribution in [2.24, 2.45) is 0 Å². The molecule has 19 heavy (non-hydrogen) atoms. The van der Waals surface area contributed by atoms with Crippen molar-refractivity contribution in [3.8, 4) is 5.75 Å². The van der Waals surface area contributed by atoms with E-state index in [-0.39, 0.29) is 5.41 Å². The zero-order valence-electron chi connectivity index (χ0n) is 12.7. The first-order valence-corrected chi connectivity index (χ1v) is 6.95. The molecular formula is C16H25NO2. The van der Waals surface area contributed by atoms with E-state index in [0.717, 1.165) is 25.5 Å². The molecule has 3 heteroatoms. The van der Waals surface area contributed by atoms with E-state index in [1.165, 1.54) is 16.7 Å². The van der Waals surface area contributed by atoms with Gasteiger partial charge in [0.2, 0.25) is 0 Å². The van der Waals surface area contributed by atoms with E-state index in [0.29, 0.717) is 6.04 Å². The van der Waals surface area contributed by atoms with Gasteiger partial charge < -0.3 is 14.8 Å². The predicted octanol–water partition coefficient (Wildman–Crippen LogP) is 2.58. The quantitative estimate of drug-likeness (QED) is 0.885. The second kappa shape index (κ2) is 5.51. The van der Waals surface area contributed by atoms with Crippen molar-refractivity contribution in [3.63, 3.8) is 0 Å². The second-order valence-electron chi connectivity index (χ2n) is 5.95. The summed E-state index contributed by atoms with van der Waals surface area (Å²) in [5, 5.41) is 3.54. The third-order valence-corrected chi connectivity index (χ3v) is 3.88. The van der Waals surface area contributed by atoms with Crippen LogP contribution in [0, 0.1) is 13.8 Å². The first kappa shape index (κ1) is 14.4. The zero-order chi connectivity index (χ0) is 14.0. The SMILES string of the molecule is COc1c(C)cc(C2(CNC(C)C)COC2)cc1C.